The predicted molar refractivity (Wildman–Crippen MR) is 70.4 cm³/mol. The van der Waals surface area contributed by atoms with Crippen molar-refractivity contribution in [2.24, 2.45) is 0 Å². The van der Waals surface area contributed by atoms with Gasteiger partial charge in [-0.15, -0.1) is 0 Å². The fourth-order valence-electron chi connectivity index (χ4n) is 2.06. The van der Waals surface area contributed by atoms with Crippen molar-refractivity contribution in [2.45, 2.75) is 13.0 Å². The van der Waals surface area contributed by atoms with Crippen LogP contribution >= 0.6 is 0 Å². The number of amides is 1. The number of ether oxygens (including phenoxy) is 3. The van der Waals surface area contributed by atoms with Crippen LogP contribution in [0.25, 0.3) is 0 Å². The first-order valence-electron chi connectivity index (χ1n) is 6.30. The number of carbonyl (C=O) groups excluding carboxylic acids is 1. The number of benzene rings is 1. The van der Waals surface area contributed by atoms with E-state index in [1.807, 2.05) is 18.2 Å². The van der Waals surface area contributed by atoms with Crippen LogP contribution in [0.1, 0.15) is 12.0 Å². The smallest absolute Gasteiger partial charge is 0.225 e. The van der Waals surface area contributed by atoms with Gasteiger partial charge in [0.2, 0.25) is 5.91 Å². The lowest BCUT2D eigenvalue weighted by molar-refractivity contribution is -0.131. The number of rotatable bonds is 4. The average Bonchev–Trinajstić information content (AvgIpc) is 2.63. The molecule has 1 saturated heterocycles. The van der Waals surface area contributed by atoms with Crippen molar-refractivity contribution in [1.82, 2.24) is 4.90 Å². The van der Waals surface area contributed by atoms with Gasteiger partial charge in [-0.25, -0.2) is 0 Å². The summed E-state index contributed by atoms with van der Waals surface area (Å²) < 4.78 is 15.8. The Morgan fingerprint density at radius 3 is 2.47 bits per heavy atom. The number of hydrogen-bond acceptors (Lipinski definition) is 4. The second-order valence-corrected chi connectivity index (χ2v) is 4.40. The zero-order valence-electron chi connectivity index (χ0n) is 11.3. The summed E-state index contributed by atoms with van der Waals surface area (Å²) in [7, 11) is 3.23. The summed E-state index contributed by atoms with van der Waals surface area (Å²) in [5, 5.41) is 0. The second-order valence-electron chi connectivity index (χ2n) is 4.40. The summed E-state index contributed by atoms with van der Waals surface area (Å²) >= 11 is 0. The van der Waals surface area contributed by atoms with E-state index in [4.69, 9.17) is 14.2 Å². The third-order valence-electron chi connectivity index (χ3n) is 3.10. The molecule has 1 fully saturated rings. The molecule has 1 heterocycles. The summed E-state index contributed by atoms with van der Waals surface area (Å²) in [5.41, 5.74) is 0.992. The zero-order valence-corrected chi connectivity index (χ0v) is 11.3. The van der Waals surface area contributed by atoms with Gasteiger partial charge >= 0.3 is 0 Å². The molecule has 5 nitrogen and oxygen atoms in total. The van der Waals surface area contributed by atoms with Crippen molar-refractivity contribution >= 4 is 5.91 Å². The van der Waals surface area contributed by atoms with Gasteiger partial charge in [0.25, 0.3) is 0 Å². The lowest BCUT2D eigenvalue weighted by atomic mass is 10.2. The zero-order chi connectivity index (χ0) is 13.7. The summed E-state index contributed by atoms with van der Waals surface area (Å²) in [6.45, 7) is 2.28. The fraction of sp³-hybridized carbons (Fsp3) is 0.500. The molecule has 1 aliphatic heterocycles. The van der Waals surface area contributed by atoms with E-state index >= 15 is 0 Å². The molecule has 5 heteroatoms. The molecular formula is C14H19NO4. The van der Waals surface area contributed by atoms with Gasteiger partial charge < -0.3 is 19.1 Å². The fourth-order valence-corrected chi connectivity index (χ4v) is 2.06. The summed E-state index contributed by atoms with van der Waals surface area (Å²) in [6, 6.07) is 5.65. The van der Waals surface area contributed by atoms with E-state index in [-0.39, 0.29) is 5.91 Å². The lowest BCUT2D eigenvalue weighted by Gasteiger charge is -2.20. The maximum absolute atomic E-state index is 11.9. The van der Waals surface area contributed by atoms with Crippen molar-refractivity contribution in [3.05, 3.63) is 23.8 Å². The Morgan fingerprint density at radius 1 is 1.16 bits per heavy atom. The molecule has 1 amide bonds. The van der Waals surface area contributed by atoms with Gasteiger partial charge in [-0.2, -0.15) is 0 Å². The molecule has 104 valence electrons. The van der Waals surface area contributed by atoms with Crippen LogP contribution < -0.4 is 9.47 Å². The van der Waals surface area contributed by atoms with E-state index in [0.29, 0.717) is 32.7 Å². The van der Waals surface area contributed by atoms with E-state index in [2.05, 4.69) is 0 Å². The normalized spacial score (nSPS) is 16.1. The van der Waals surface area contributed by atoms with Crippen LogP contribution in [-0.2, 0) is 16.1 Å². The van der Waals surface area contributed by atoms with Crippen LogP contribution in [0.3, 0.4) is 0 Å². The van der Waals surface area contributed by atoms with Crippen molar-refractivity contribution in [1.29, 1.82) is 0 Å². The van der Waals surface area contributed by atoms with Gasteiger partial charge in [0, 0.05) is 19.2 Å². The van der Waals surface area contributed by atoms with Crippen LogP contribution in [0, 0.1) is 0 Å². The van der Waals surface area contributed by atoms with Gasteiger partial charge in [-0.3, -0.25) is 4.79 Å². The van der Waals surface area contributed by atoms with Crippen molar-refractivity contribution in [3.8, 4) is 11.5 Å². The first kappa shape index (κ1) is 13.7. The van der Waals surface area contributed by atoms with Gasteiger partial charge in [-0.05, 0) is 17.7 Å². The monoisotopic (exact) mass is 265 g/mol. The third-order valence-corrected chi connectivity index (χ3v) is 3.10. The van der Waals surface area contributed by atoms with Crippen LogP contribution in [0.4, 0.5) is 0 Å². The minimum absolute atomic E-state index is 0.124. The maximum Gasteiger partial charge on any atom is 0.225 e. The standard InChI is InChI=1S/C14H19NO4/c1-17-12-7-11(8-13(9-12)18-2)10-15-4-6-19-5-3-14(15)16/h7-9H,3-6,10H2,1-2H3. The van der Waals surface area contributed by atoms with Gasteiger partial charge in [0.1, 0.15) is 11.5 Å². The molecule has 0 atom stereocenters. The average molecular weight is 265 g/mol. The number of methoxy groups -OCH3 is 2. The predicted octanol–water partition coefficient (Wildman–Crippen LogP) is 1.45. The molecule has 0 spiro atoms. The van der Waals surface area contributed by atoms with Crippen LogP contribution in [-0.4, -0.2) is 44.8 Å². The number of hydrogen-bond donors (Lipinski definition) is 0. The minimum atomic E-state index is 0.124. The highest BCUT2D eigenvalue weighted by Crippen LogP contribution is 2.23. The molecule has 0 N–H and O–H groups in total. The Labute approximate surface area is 113 Å². The summed E-state index contributed by atoms with van der Waals surface area (Å²) in [6.07, 6.45) is 0.446. The van der Waals surface area contributed by atoms with Crippen LogP contribution in [0.5, 0.6) is 11.5 Å². The molecule has 0 bridgehead atoms. The molecule has 0 aromatic heterocycles. The maximum atomic E-state index is 11.9. The molecule has 0 unspecified atom stereocenters. The highest BCUT2D eigenvalue weighted by molar-refractivity contribution is 5.76. The van der Waals surface area contributed by atoms with E-state index in [0.717, 1.165) is 17.1 Å². The summed E-state index contributed by atoms with van der Waals surface area (Å²) in [4.78, 5) is 13.7. The molecule has 0 aliphatic carbocycles. The Balaban J connectivity index is 2.14. The lowest BCUT2D eigenvalue weighted by Crippen LogP contribution is -2.31. The highest BCUT2D eigenvalue weighted by atomic mass is 16.5. The third kappa shape index (κ3) is 3.61. The Bertz CT molecular complexity index is 425. The van der Waals surface area contributed by atoms with Crippen molar-refractivity contribution in [3.63, 3.8) is 0 Å². The SMILES string of the molecule is COc1cc(CN2CCOCCC2=O)cc(OC)c1. The van der Waals surface area contributed by atoms with Crippen LogP contribution in [0.2, 0.25) is 0 Å². The topological polar surface area (TPSA) is 48.0 Å². The van der Waals surface area contributed by atoms with E-state index in [9.17, 15) is 4.79 Å². The highest BCUT2D eigenvalue weighted by Gasteiger charge is 2.17. The van der Waals surface area contributed by atoms with E-state index in [1.54, 1.807) is 19.1 Å². The Hall–Kier alpha value is -1.75. The molecule has 1 aliphatic rings. The molecule has 2 rings (SSSR count). The molecule has 1 aromatic carbocycles. The largest absolute Gasteiger partial charge is 0.497 e. The van der Waals surface area contributed by atoms with Crippen LogP contribution in [0.15, 0.2) is 18.2 Å². The minimum Gasteiger partial charge on any atom is -0.497 e. The summed E-state index contributed by atoms with van der Waals surface area (Å²) in [5.74, 6) is 1.58. The van der Waals surface area contributed by atoms with Crippen molar-refractivity contribution in [2.75, 3.05) is 34.0 Å². The second kappa shape index (κ2) is 6.43. The quantitative estimate of drug-likeness (QED) is 0.827. The Kier molecular flexibility index (Phi) is 4.63. The molecule has 0 saturated carbocycles. The van der Waals surface area contributed by atoms with Gasteiger partial charge in [0.15, 0.2) is 0 Å². The van der Waals surface area contributed by atoms with Crippen molar-refractivity contribution < 1.29 is 19.0 Å². The van der Waals surface area contributed by atoms with E-state index < -0.39 is 0 Å². The molecule has 0 radical (unpaired) electrons. The molecular weight excluding hydrogens is 246 g/mol. The molecule has 1 aromatic rings. The first-order chi connectivity index (χ1) is 9.22. The van der Waals surface area contributed by atoms with Gasteiger partial charge in [0.05, 0.1) is 33.9 Å². The molecule has 19 heavy (non-hydrogen) atoms. The van der Waals surface area contributed by atoms with E-state index in [1.165, 1.54) is 0 Å². The first-order valence-corrected chi connectivity index (χ1v) is 6.30. The Morgan fingerprint density at radius 2 is 1.84 bits per heavy atom. The number of carbonyl (C=O) groups is 1. The number of nitrogens with zero attached hydrogens (tertiary/aromatic N) is 1. The van der Waals surface area contributed by atoms with Gasteiger partial charge in [-0.1, -0.05) is 0 Å².